The molecule has 0 atom stereocenters. The van der Waals surface area contributed by atoms with E-state index in [9.17, 15) is 0 Å². The summed E-state index contributed by atoms with van der Waals surface area (Å²) >= 11 is 0. The van der Waals surface area contributed by atoms with Gasteiger partial charge in [0.05, 0.1) is 5.66 Å². The fourth-order valence-corrected chi connectivity index (χ4v) is 3.81. The van der Waals surface area contributed by atoms with Crippen molar-refractivity contribution in [3.8, 4) is 0 Å². The van der Waals surface area contributed by atoms with E-state index in [4.69, 9.17) is 11.5 Å². The molecule has 0 radical (unpaired) electrons. The molecule has 1 aliphatic rings. The van der Waals surface area contributed by atoms with E-state index in [1.54, 1.807) is 0 Å². The van der Waals surface area contributed by atoms with Gasteiger partial charge in [-0.25, -0.2) is 0 Å². The van der Waals surface area contributed by atoms with E-state index in [1.807, 2.05) is 12.1 Å². The zero-order valence-corrected chi connectivity index (χ0v) is 13.6. The predicted molar refractivity (Wildman–Crippen MR) is 90.6 cm³/mol. The zero-order valence-electron chi connectivity index (χ0n) is 13.6. The normalized spacial score (nSPS) is 19.9. The fourth-order valence-electron chi connectivity index (χ4n) is 3.81. The molecule has 0 aliphatic heterocycles. The Morgan fingerprint density at radius 3 is 2.05 bits per heavy atom. The maximum Gasteiger partial charge on any atom is 0.0929 e. The van der Waals surface area contributed by atoms with Gasteiger partial charge >= 0.3 is 0 Å². The average Bonchev–Trinajstić information content (AvgIpc) is 2.41. The third kappa shape index (κ3) is 2.83. The molecule has 0 aromatic heterocycles. The third-order valence-electron chi connectivity index (χ3n) is 4.91. The van der Waals surface area contributed by atoms with E-state index in [0.29, 0.717) is 11.8 Å². The minimum absolute atomic E-state index is 0.216. The molecule has 0 unspecified atom stereocenters. The van der Waals surface area contributed by atoms with Crippen LogP contribution in [-0.2, 0) is 6.42 Å². The maximum absolute atomic E-state index is 6.46. The Hall–Kier alpha value is -1.38. The Kier molecular flexibility index (Phi) is 4.40. The van der Waals surface area contributed by atoms with Crippen LogP contribution < -0.4 is 11.5 Å². The van der Waals surface area contributed by atoms with Gasteiger partial charge in [-0.1, -0.05) is 70.2 Å². The van der Waals surface area contributed by atoms with Gasteiger partial charge in [0.1, 0.15) is 0 Å². The number of allylic oxidation sites excluding steroid dienone is 2. The molecule has 0 amide bonds. The minimum atomic E-state index is -0.796. The summed E-state index contributed by atoms with van der Waals surface area (Å²) in [5, 5.41) is 0. The smallest absolute Gasteiger partial charge is 0.0929 e. The van der Waals surface area contributed by atoms with Gasteiger partial charge < -0.3 is 11.5 Å². The number of rotatable bonds is 4. The summed E-state index contributed by atoms with van der Waals surface area (Å²) in [5.41, 5.74) is 14.5. The van der Waals surface area contributed by atoms with E-state index >= 15 is 0 Å². The van der Waals surface area contributed by atoms with Crippen LogP contribution in [0.5, 0.6) is 0 Å². The average molecular weight is 284 g/mol. The first-order chi connectivity index (χ1) is 9.79. The summed E-state index contributed by atoms with van der Waals surface area (Å²) in [5.74, 6) is 0.756. The first-order valence-electron chi connectivity index (χ1n) is 7.82. The van der Waals surface area contributed by atoms with Crippen molar-refractivity contribution in [2.24, 2.45) is 28.7 Å². The molecule has 4 N–H and O–H groups in total. The molecule has 0 fully saturated rings. The van der Waals surface area contributed by atoms with E-state index in [-0.39, 0.29) is 5.41 Å². The Morgan fingerprint density at radius 1 is 0.952 bits per heavy atom. The van der Waals surface area contributed by atoms with Gasteiger partial charge in [0.15, 0.2) is 0 Å². The van der Waals surface area contributed by atoms with Crippen LogP contribution in [0.3, 0.4) is 0 Å². The summed E-state index contributed by atoms with van der Waals surface area (Å²) in [6.45, 7) is 8.85. The lowest BCUT2D eigenvalue weighted by atomic mass is 9.58. The van der Waals surface area contributed by atoms with E-state index in [2.05, 4.69) is 64.1 Å². The van der Waals surface area contributed by atoms with Crippen molar-refractivity contribution >= 4 is 0 Å². The van der Waals surface area contributed by atoms with Crippen LogP contribution in [0.25, 0.3) is 0 Å². The van der Waals surface area contributed by atoms with Crippen LogP contribution >= 0.6 is 0 Å². The molecule has 1 aromatic carbocycles. The standard InChI is InChI=1S/C19H28N2/c1-14(2)18(15(3)4)13-17(10-11-19(18,20)21)12-16-8-6-5-7-9-16/h5-11,13-15H,12,20-21H2,1-4H3. The van der Waals surface area contributed by atoms with Crippen LogP contribution in [0.2, 0.25) is 0 Å². The summed E-state index contributed by atoms with van der Waals surface area (Å²) in [4.78, 5) is 0. The van der Waals surface area contributed by atoms with Gasteiger partial charge in [-0.2, -0.15) is 0 Å². The quantitative estimate of drug-likeness (QED) is 0.829. The highest BCUT2D eigenvalue weighted by molar-refractivity contribution is 5.38. The molecule has 0 bridgehead atoms. The number of benzene rings is 1. The van der Waals surface area contributed by atoms with Gasteiger partial charge in [0, 0.05) is 5.41 Å². The predicted octanol–water partition coefficient (Wildman–Crippen LogP) is 3.64. The van der Waals surface area contributed by atoms with Crippen molar-refractivity contribution in [3.63, 3.8) is 0 Å². The van der Waals surface area contributed by atoms with Gasteiger partial charge in [0.2, 0.25) is 0 Å². The first kappa shape index (κ1) is 16.0. The first-order valence-corrected chi connectivity index (χ1v) is 7.82. The minimum Gasteiger partial charge on any atom is -0.309 e. The highest BCUT2D eigenvalue weighted by atomic mass is 15.0. The lowest BCUT2D eigenvalue weighted by Gasteiger charge is -2.51. The topological polar surface area (TPSA) is 52.0 Å². The second-order valence-corrected chi connectivity index (χ2v) is 6.89. The van der Waals surface area contributed by atoms with Crippen LogP contribution in [0.1, 0.15) is 33.3 Å². The van der Waals surface area contributed by atoms with E-state index < -0.39 is 5.66 Å². The molecular weight excluding hydrogens is 256 g/mol. The highest BCUT2D eigenvalue weighted by Gasteiger charge is 2.49. The fraction of sp³-hybridized carbons (Fsp3) is 0.474. The largest absolute Gasteiger partial charge is 0.309 e. The number of hydrogen-bond donors (Lipinski definition) is 2. The Morgan fingerprint density at radius 2 is 1.52 bits per heavy atom. The maximum atomic E-state index is 6.46. The molecule has 0 spiro atoms. The molecule has 2 rings (SSSR count). The molecule has 0 saturated heterocycles. The second-order valence-electron chi connectivity index (χ2n) is 6.89. The highest BCUT2D eigenvalue weighted by Crippen LogP contribution is 2.47. The van der Waals surface area contributed by atoms with Crippen LogP contribution in [0, 0.1) is 17.3 Å². The van der Waals surface area contributed by atoms with Crippen molar-refractivity contribution < 1.29 is 0 Å². The Bertz CT molecular complexity index is 528. The second kappa shape index (κ2) is 5.78. The molecule has 114 valence electrons. The Balaban J connectivity index is 2.41. The van der Waals surface area contributed by atoms with Crippen LogP contribution in [-0.4, -0.2) is 5.66 Å². The van der Waals surface area contributed by atoms with Crippen molar-refractivity contribution in [2.45, 2.75) is 39.8 Å². The van der Waals surface area contributed by atoms with Gasteiger partial charge in [-0.05, 0) is 35.5 Å². The van der Waals surface area contributed by atoms with Crippen LogP contribution in [0.15, 0.2) is 54.1 Å². The summed E-state index contributed by atoms with van der Waals surface area (Å²) in [7, 11) is 0. The van der Waals surface area contributed by atoms with Crippen molar-refractivity contribution in [2.75, 3.05) is 0 Å². The summed E-state index contributed by atoms with van der Waals surface area (Å²) in [6, 6.07) is 10.5. The van der Waals surface area contributed by atoms with Crippen LogP contribution in [0.4, 0.5) is 0 Å². The number of nitrogens with two attached hydrogens (primary N) is 2. The van der Waals surface area contributed by atoms with Crippen molar-refractivity contribution in [3.05, 3.63) is 59.7 Å². The number of hydrogen-bond acceptors (Lipinski definition) is 2. The molecule has 21 heavy (non-hydrogen) atoms. The molecule has 0 heterocycles. The molecule has 1 aromatic rings. The Labute approximate surface area is 128 Å². The van der Waals surface area contributed by atoms with E-state index in [0.717, 1.165) is 6.42 Å². The lowest BCUT2D eigenvalue weighted by molar-refractivity contribution is 0.0909. The van der Waals surface area contributed by atoms with Crippen molar-refractivity contribution in [1.82, 2.24) is 0 Å². The molecule has 2 heteroatoms. The van der Waals surface area contributed by atoms with Gasteiger partial charge in [0.25, 0.3) is 0 Å². The molecular formula is C19H28N2. The third-order valence-corrected chi connectivity index (χ3v) is 4.91. The molecule has 2 nitrogen and oxygen atoms in total. The summed E-state index contributed by atoms with van der Waals surface area (Å²) < 4.78 is 0. The van der Waals surface area contributed by atoms with Gasteiger partial charge in [-0.15, -0.1) is 0 Å². The SMILES string of the molecule is CC(C)C1(C(C)C)C=C(Cc2ccccc2)C=CC1(N)N. The van der Waals surface area contributed by atoms with Crippen molar-refractivity contribution in [1.29, 1.82) is 0 Å². The monoisotopic (exact) mass is 284 g/mol. The lowest BCUT2D eigenvalue weighted by Crippen LogP contribution is -2.65. The zero-order chi connectivity index (χ0) is 15.7. The molecule has 0 saturated carbocycles. The summed E-state index contributed by atoms with van der Waals surface area (Å²) in [6.07, 6.45) is 7.34. The van der Waals surface area contributed by atoms with Gasteiger partial charge in [-0.3, -0.25) is 0 Å². The molecule has 1 aliphatic carbocycles. The van der Waals surface area contributed by atoms with E-state index in [1.165, 1.54) is 11.1 Å².